The van der Waals surface area contributed by atoms with Gasteiger partial charge >= 0.3 is 6.03 Å². The summed E-state index contributed by atoms with van der Waals surface area (Å²) in [7, 11) is 0. The van der Waals surface area contributed by atoms with E-state index >= 15 is 0 Å². The smallest absolute Gasteiger partial charge is 0.308 e. The largest absolute Gasteiger partial charge is 0.326 e. The highest BCUT2D eigenvalue weighted by atomic mass is 35.5. The molecule has 120 valence electrons. The first-order chi connectivity index (χ1) is 11.0. The van der Waals surface area contributed by atoms with E-state index in [0.717, 1.165) is 12.8 Å². The van der Waals surface area contributed by atoms with E-state index < -0.39 is 11.9 Å². The second kappa shape index (κ2) is 7.99. The van der Waals surface area contributed by atoms with Gasteiger partial charge in [0.05, 0.1) is 15.6 Å². The minimum absolute atomic E-state index is 0.0734. The zero-order valence-electron chi connectivity index (χ0n) is 12.5. The third-order valence-electron chi connectivity index (χ3n) is 3.17. The van der Waals surface area contributed by atoms with Crippen molar-refractivity contribution in [2.75, 3.05) is 5.32 Å². The number of hydrogen-bond acceptors (Lipinski definition) is 2. The van der Waals surface area contributed by atoms with Gasteiger partial charge in [-0.25, -0.2) is 4.79 Å². The topological polar surface area (TPSA) is 58.2 Å². The number of nitrogens with one attached hydrogen (secondary N) is 2. The van der Waals surface area contributed by atoms with E-state index in [-0.39, 0.29) is 15.6 Å². The predicted molar refractivity (Wildman–Crippen MR) is 93.4 cm³/mol. The Bertz CT molecular complexity index is 695. The van der Waals surface area contributed by atoms with Crippen molar-refractivity contribution < 1.29 is 9.59 Å². The van der Waals surface area contributed by atoms with Crippen molar-refractivity contribution in [2.45, 2.75) is 19.8 Å². The zero-order valence-corrected chi connectivity index (χ0v) is 14.0. The van der Waals surface area contributed by atoms with Crippen LogP contribution in [0.5, 0.6) is 0 Å². The summed E-state index contributed by atoms with van der Waals surface area (Å²) in [5.74, 6) is -0.652. The van der Waals surface area contributed by atoms with Gasteiger partial charge in [-0.15, -0.1) is 0 Å². The summed E-state index contributed by atoms with van der Waals surface area (Å²) in [6.45, 7) is 2.10. The molecule has 4 nitrogen and oxygen atoms in total. The van der Waals surface area contributed by atoms with E-state index in [0.29, 0.717) is 5.69 Å². The van der Waals surface area contributed by atoms with Crippen LogP contribution in [0.15, 0.2) is 42.5 Å². The molecule has 0 heterocycles. The molecule has 0 aliphatic heterocycles. The molecule has 6 heteroatoms. The fourth-order valence-corrected chi connectivity index (χ4v) is 2.66. The highest BCUT2D eigenvalue weighted by Crippen LogP contribution is 2.24. The molecule has 23 heavy (non-hydrogen) atoms. The number of urea groups is 1. The minimum atomic E-state index is -0.652. The molecule has 0 bridgehead atoms. The van der Waals surface area contributed by atoms with Crippen molar-refractivity contribution in [2.24, 2.45) is 0 Å². The van der Waals surface area contributed by atoms with Gasteiger partial charge in [-0.05, 0) is 36.2 Å². The van der Waals surface area contributed by atoms with Crippen molar-refractivity contribution >= 4 is 40.8 Å². The Labute approximate surface area is 144 Å². The Balaban J connectivity index is 2.00. The third kappa shape index (κ3) is 4.71. The Kier molecular flexibility index (Phi) is 6.02. The second-order valence-electron chi connectivity index (χ2n) is 4.95. The van der Waals surface area contributed by atoms with Gasteiger partial charge in [0.2, 0.25) is 0 Å². The van der Waals surface area contributed by atoms with Crippen molar-refractivity contribution in [1.82, 2.24) is 5.32 Å². The van der Waals surface area contributed by atoms with Crippen LogP contribution in [-0.2, 0) is 6.42 Å². The lowest BCUT2D eigenvalue weighted by molar-refractivity contribution is 0.0967. The third-order valence-corrected chi connectivity index (χ3v) is 3.80. The normalized spacial score (nSPS) is 10.2. The molecule has 0 unspecified atom stereocenters. The van der Waals surface area contributed by atoms with Crippen molar-refractivity contribution in [3.63, 3.8) is 0 Å². The average molecular weight is 351 g/mol. The summed E-state index contributed by atoms with van der Waals surface area (Å²) >= 11 is 11.9. The van der Waals surface area contributed by atoms with Gasteiger partial charge in [-0.1, -0.05) is 54.7 Å². The van der Waals surface area contributed by atoms with Crippen LogP contribution in [-0.4, -0.2) is 11.9 Å². The van der Waals surface area contributed by atoms with E-state index in [1.807, 2.05) is 12.1 Å². The van der Waals surface area contributed by atoms with Gasteiger partial charge in [0, 0.05) is 5.69 Å². The first-order valence-electron chi connectivity index (χ1n) is 7.16. The highest BCUT2D eigenvalue weighted by molar-refractivity contribution is 6.40. The molecule has 3 amide bonds. The molecule has 0 atom stereocenters. The predicted octanol–water partition coefficient (Wildman–Crippen LogP) is 4.91. The van der Waals surface area contributed by atoms with Crippen molar-refractivity contribution in [3.8, 4) is 0 Å². The van der Waals surface area contributed by atoms with E-state index in [4.69, 9.17) is 23.2 Å². The molecule has 0 fully saturated rings. The van der Waals surface area contributed by atoms with Gasteiger partial charge < -0.3 is 5.32 Å². The summed E-state index contributed by atoms with van der Waals surface area (Å²) < 4.78 is 0. The van der Waals surface area contributed by atoms with Crippen LogP contribution in [0.2, 0.25) is 10.0 Å². The second-order valence-corrected chi connectivity index (χ2v) is 5.77. The lowest BCUT2D eigenvalue weighted by atomic mass is 10.1. The number of carbonyl (C=O) groups excluding carboxylic acids is 2. The number of halogens is 2. The molecular weight excluding hydrogens is 335 g/mol. The number of carbonyl (C=O) groups is 2. The van der Waals surface area contributed by atoms with Crippen LogP contribution < -0.4 is 10.6 Å². The molecule has 0 aromatic heterocycles. The fraction of sp³-hybridized carbons (Fsp3) is 0.176. The summed E-state index contributed by atoms with van der Waals surface area (Å²) in [6.07, 6.45) is 2.04. The standard InChI is InChI=1S/C17H16Cl2N2O2/c1-2-4-11-7-9-12(10-8-11)20-17(23)21-16(22)15-13(18)5-3-6-14(15)19/h3,5-10H,2,4H2,1H3,(H2,20,21,22,23). The van der Waals surface area contributed by atoms with E-state index in [1.165, 1.54) is 17.7 Å². The molecular formula is C17H16Cl2N2O2. The fourth-order valence-electron chi connectivity index (χ4n) is 2.09. The van der Waals surface area contributed by atoms with Gasteiger partial charge in [-0.3, -0.25) is 10.1 Å². The van der Waals surface area contributed by atoms with E-state index in [9.17, 15) is 9.59 Å². The number of hydrogen-bond donors (Lipinski definition) is 2. The van der Waals surface area contributed by atoms with Crippen molar-refractivity contribution in [1.29, 1.82) is 0 Å². The highest BCUT2D eigenvalue weighted by Gasteiger charge is 2.17. The number of aryl methyl sites for hydroxylation is 1. The first-order valence-corrected chi connectivity index (χ1v) is 7.92. The summed E-state index contributed by atoms with van der Waals surface area (Å²) in [5.41, 5.74) is 1.86. The lowest BCUT2D eigenvalue weighted by Gasteiger charge is -2.09. The van der Waals surface area contributed by atoms with Gasteiger partial charge in [0.25, 0.3) is 5.91 Å². The zero-order chi connectivity index (χ0) is 16.8. The number of amides is 3. The summed E-state index contributed by atoms with van der Waals surface area (Å²) in [5, 5.41) is 5.18. The molecule has 2 N–H and O–H groups in total. The summed E-state index contributed by atoms with van der Waals surface area (Å²) in [6, 6.07) is 11.5. The maximum atomic E-state index is 12.1. The first kappa shape index (κ1) is 17.3. The number of anilines is 1. The molecule has 2 aromatic carbocycles. The maximum absolute atomic E-state index is 12.1. The SMILES string of the molecule is CCCc1ccc(NC(=O)NC(=O)c2c(Cl)cccc2Cl)cc1. The van der Waals surface area contributed by atoms with Gasteiger partial charge in [0.15, 0.2) is 0 Å². The maximum Gasteiger partial charge on any atom is 0.326 e. The molecule has 0 aliphatic rings. The van der Waals surface area contributed by atoms with Crippen LogP contribution in [0.25, 0.3) is 0 Å². The van der Waals surface area contributed by atoms with Crippen LogP contribution in [0.1, 0.15) is 29.3 Å². The minimum Gasteiger partial charge on any atom is -0.308 e. The molecule has 0 saturated carbocycles. The Hall–Kier alpha value is -2.04. The van der Waals surface area contributed by atoms with E-state index in [1.54, 1.807) is 18.2 Å². The summed E-state index contributed by atoms with van der Waals surface area (Å²) in [4.78, 5) is 24.0. The van der Waals surface area contributed by atoms with Crippen LogP contribution in [0, 0.1) is 0 Å². The van der Waals surface area contributed by atoms with Crippen molar-refractivity contribution in [3.05, 3.63) is 63.6 Å². The van der Waals surface area contributed by atoms with Gasteiger partial charge in [0.1, 0.15) is 0 Å². The molecule has 2 rings (SSSR count). The molecule has 0 radical (unpaired) electrons. The Morgan fingerprint density at radius 1 is 1.00 bits per heavy atom. The average Bonchev–Trinajstić information content (AvgIpc) is 2.49. The monoisotopic (exact) mass is 350 g/mol. The molecule has 2 aromatic rings. The molecule has 0 saturated heterocycles. The molecule has 0 aliphatic carbocycles. The van der Waals surface area contributed by atoms with E-state index in [2.05, 4.69) is 17.6 Å². The number of imide groups is 1. The Morgan fingerprint density at radius 3 is 2.17 bits per heavy atom. The van der Waals surface area contributed by atoms with Crippen LogP contribution in [0.3, 0.4) is 0 Å². The Morgan fingerprint density at radius 2 is 1.61 bits per heavy atom. The lowest BCUT2D eigenvalue weighted by Crippen LogP contribution is -2.34. The quantitative estimate of drug-likeness (QED) is 0.822. The number of benzene rings is 2. The van der Waals surface area contributed by atoms with Crippen LogP contribution in [0.4, 0.5) is 10.5 Å². The number of rotatable bonds is 4. The molecule has 0 spiro atoms. The van der Waals surface area contributed by atoms with Crippen LogP contribution >= 0.6 is 23.2 Å². The van der Waals surface area contributed by atoms with Gasteiger partial charge in [-0.2, -0.15) is 0 Å².